The van der Waals surface area contributed by atoms with Crippen LogP contribution in [-0.2, 0) is 6.42 Å². The van der Waals surface area contributed by atoms with E-state index in [4.69, 9.17) is 4.74 Å². The van der Waals surface area contributed by atoms with Gasteiger partial charge in [-0.25, -0.2) is 0 Å². The maximum Gasteiger partial charge on any atom is 0.195 e. The van der Waals surface area contributed by atoms with Gasteiger partial charge in [0, 0.05) is 9.35 Å². The molecule has 1 aromatic heterocycles. The summed E-state index contributed by atoms with van der Waals surface area (Å²) in [5.41, 5.74) is 0.769. The maximum absolute atomic E-state index is 12.1. The Morgan fingerprint density at radius 2 is 2.19 bits per heavy atom. The molecule has 110 valence electrons. The van der Waals surface area contributed by atoms with Crippen molar-refractivity contribution < 1.29 is 14.6 Å². The van der Waals surface area contributed by atoms with Crippen LogP contribution in [0.4, 0.5) is 0 Å². The van der Waals surface area contributed by atoms with E-state index in [9.17, 15) is 9.90 Å². The Morgan fingerprint density at radius 3 is 2.81 bits per heavy atom. The highest BCUT2D eigenvalue weighted by Crippen LogP contribution is 2.33. The Kier molecular flexibility index (Phi) is 5.20. The van der Waals surface area contributed by atoms with Gasteiger partial charge in [-0.15, -0.1) is 11.3 Å². The number of phenolic OH excluding ortho intramolecular Hbond substituents is 1. The molecule has 0 saturated heterocycles. The van der Waals surface area contributed by atoms with E-state index >= 15 is 0 Å². The summed E-state index contributed by atoms with van der Waals surface area (Å²) in [6.45, 7) is 2.07. The highest BCUT2D eigenvalue weighted by molar-refractivity contribution is 9.10. The van der Waals surface area contributed by atoms with Gasteiger partial charge in [0.05, 0.1) is 12.0 Å². The number of ether oxygens (including phenoxy) is 1. The quantitative estimate of drug-likeness (QED) is 0.616. The van der Waals surface area contributed by atoms with Gasteiger partial charge >= 0.3 is 0 Å². The number of halogens is 1. The summed E-state index contributed by atoms with van der Waals surface area (Å²) in [6.07, 6.45) is 4.17. The zero-order valence-corrected chi connectivity index (χ0v) is 14.1. The molecule has 0 bridgehead atoms. The van der Waals surface area contributed by atoms with Crippen molar-refractivity contribution in [1.29, 1.82) is 0 Å². The summed E-state index contributed by atoms with van der Waals surface area (Å²) < 4.78 is 5.76. The minimum atomic E-state index is -0.0290. The monoisotopic (exact) mass is 366 g/mol. The summed E-state index contributed by atoms with van der Waals surface area (Å²) in [4.78, 5) is 14.0. The second kappa shape index (κ2) is 6.91. The fourth-order valence-electron chi connectivity index (χ4n) is 1.80. The topological polar surface area (TPSA) is 46.5 Å². The smallest absolute Gasteiger partial charge is 0.195 e. The Labute approximate surface area is 136 Å². The second-order valence-corrected chi connectivity index (χ2v) is 6.39. The van der Waals surface area contributed by atoms with Gasteiger partial charge in [0.15, 0.2) is 17.3 Å². The first-order chi connectivity index (χ1) is 10.0. The van der Waals surface area contributed by atoms with Gasteiger partial charge in [0.1, 0.15) is 0 Å². The van der Waals surface area contributed by atoms with Crippen LogP contribution >= 0.6 is 27.3 Å². The van der Waals surface area contributed by atoms with Gasteiger partial charge in [-0.3, -0.25) is 4.79 Å². The van der Waals surface area contributed by atoms with Gasteiger partial charge in [0.2, 0.25) is 0 Å². The molecule has 0 amide bonds. The van der Waals surface area contributed by atoms with Crippen molar-refractivity contribution in [2.45, 2.75) is 13.3 Å². The number of methoxy groups -OCH3 is 1. The van der Waals surface area contributed by atoms with Crippen molar-refractivity contribution in [2.75, 3.05) is 7.11 Å². The van der Waals surface area contributed by atoms with Crippen LogP contribution in [0.5, 0.6) is 11.5 Å². The maximum atomic E-state index is 12.1. The fourth-order valence-corrected chi connectivity index (χ4v) is 3.13. The van der Waals surface area contributed by atoms with Crippen molar-refractivity contribution in [3.8, 4) is 11.5 Å². The number of benzene rings is 1. The van der Waals surface area contributed by atoms with Crippen molar-refractivity contribution >= 4 is 39.1 Å². The van der Waals surface area contributed by atoms with Gasteiger partial charge in [-0.2, -0.15) is 0 Å². The number of allylic oxidation sites excluding steroid dienone is 1. The number of aryl methyl sites for hydroxylation is 1. The van der Waals surface area contributed by atoms with Crippen LogP contribution in [-0.4, -0.2) is 18.0 Å². The average Bonchev–Trinajstić information content (AvgIpc) is 2.95. The first-order valence-electron chi connectivity index (χ1n) is 6.42. The molecule has 3 nitrogen and oxygen atoms in total. The molecule has 21 heavy (non-hydrogen) atoms. The SMILES string of the molecule is CCc1ccc(C(=O)/C=C/c2cc(OC)c(O)cc2Br)s1. The predicted molar refractivity (Wildman–Crippen MR) is 89.4 cm³/mol. The predicted octanol–water partition coefficient (Wildman–Crippen LogP) is 4.68. The molecule has 5 heteroatoms. The largest absolute Gasteiger partial charge is 0.504 e. The summed E-state index contributed by atoms with van der Waals surface area (Å²) >= 11 is 4.87. The molecule has 0 radical (unpaired) electrons. The first kappa shape index (κ1) is 15.8. The van der Waals surface area contributed by atoms with Gasteiger partial charge < -0.3 is 9.84 Å². The number of carbonyl (C=O) groups excluding carboxylic acids is 1. The van der Waals surface area contributed by atoms with Crippen molar-refractivity contribution in [3.63, 3.8) is 0 Å². The molecule has 0 spiro atoms. The van der Waals surface area contributed by atoms with E-state index < -0.39 is 0 Å². The van der Waals surface area contributed by atoms with E-state index in [1.807, 2.05) is 12.1 Å². The van der Waals surface area contributed by atoms with Crippen LogP contribution in [0.15, 0.2) is 34.8 Å². The lowest BCUT2D eigenvalue weighted by Gasteiger charge is -2.06. The summed E-state index contributed by atoms with van der Waals surface area (Å²) in [5, 5.41) is 9.66. The molecule has 0 aliphatic heterocycles. The van der Waals surface area contributed by atoms with Crippen molar-refractivity contribution in [2.24, 2.45) is 0 Å². The minimum absolute atomic E-state index is 0.0290. The van der Waals surface area contributed by atoms with Crippen molar-refractivity contribution in [3.05, 3.63) is 50.1 Å². The second-order valence-electron chi connectivity index (χ2n) is 4.36. The van der Waals surface area contributed by atoms with Gasteiger partial charge in [0.25, 0.3) is 0 Å². The van der Waals surface area contributed by atoms with Gasteiger partial charge in [-0.05, 0) is 48.4 Å². The van der Waals surface area contributed by atoms with Crippen molar-refractivity contribution in [1.82, 2.24) is 0 Å². The standard InChI is InChI=1S/C16H15BrO3S/c1-3-11-5-7-16(21-11)13(18)6-4-10-8-15(20-2)14(19)9-12(10)17/h4-9,19H,3H2,1-2H3/b6-4+. The highest BCUT2D eigenvalue weighted by atomic mass is 79.9. The third-order valence-corrected chi connectivity index (χ3v) is 4.90. The van der Waals surface area contributed by atoms with Crippen LogP contribution in [0.1, 0.15) is 27.0 Å². The van der Waals surface area contributed by atoms with Crippen LogP contribution in [0.25, 0.3) is 6.08 Å². The fraction of sp³-hybridized carbons (Fsp3) is 0.188. The van der Waals surface area contributed by atoms with Crippen LogP contribution in [0, 0.1) is 0 Å². The molecule has 0 aliphatic rings. The number of carbonyl (C=O) groups is 1. The number of aromatic hydroxyl groups is 1. The third-order valence-electron chi connectivity index (χ3n) is 2.97. The van der Waals surface area contributed by atoms with E-state index in [0.717, 1.165) is 16.9 Å². The summed E-state index contributed by atoms with van der Waals surface area (Å²) in [5.74, 6) is 0.395. The molecule has 0 atom stereocenters. The Hall–Kier alpha value is -1.59. The molecule has 0 aliphatic carbocycles. The lowest BCUT2D eigenvalue weighted by atomic mass is 10.1. The van der Waals surface area contributed by atoms with E-state index in [-0.39, 0.29) is 11.5 Å². The lowest BCUT2D eigenvalue weighted by molar-refractivity contribution is 0.105. The molecule has 1 heterocycles. The molecule has 0 saturated carbocycles. The van der Waals surface area contributed by atoms with Gasteiger partial charge in [-0.1, -0.05) is 22.9 Å². The molecule has 2 rings (SSSR count). The zero-order chi connectivity index (χ0) is 15.4. The summed E-state index contributed by atoms with van der Waals surface area (Å²) in [6, 6.07) is 7.05. The van der Waals surface area contributed by atoms with E-state index in [2.05, 4.69) is 22.9 Å². The van der Waals surface area contributed by atoms with E-state index in [0.29, 0.717) is 10.2 Å². The average molecular weight is 367 g/mol. The Balaban J connectivity index is 2.22. The lowest BCUT2D eigenvalue weighted by Crippen LogP contribution is -1.90. The number of thiophene rings is 1. The molecule has 1 N–H and O–H groups in total. The van der Waals surface area contributed by atoms with E-state index in [1.165, 1.54) is 29.4 Å². The van der Waals surface area contributed by atoms with Crippen LogP contribution < -0.4 is 4.74 Å². The number of hydrogen-bond acceptors (Lipinski definition) is 4. The molecule has 1 aromatic carbocycles. The van der Waals surface area contributed by atoms with E-state index in [1.54, 1.807) is 18.2 Å². The molecular formula is C16H15BrO3S. The van der Waals surface area contributed by atoms with Crippen LogP contribution in [0.2, 0.25) is 0 Å². The Bertz CT molecular complexity index is 689. The molecular weight excluding hydrogens is 352 g/mol. The Morgan fingerprint density at radius 1 is 1.43 bits per heavy atom. The number of ketones is 1. The van der Waals surface area contributed by atoms with Crippen LogP contribution in [0.3, 0.4) is 0 Å². The number of hydrogen-bond donors (Lipinski definition) is 1. The number of rotatable bonds is 5. The highest BCUT2D eigenvalue weighted by Gasteiger charge is 2.08. The first-order valence-corrected chi connectivity index (χ1v) is 8.03. The minimum Gasteiger partial charge on any atom is -0.504 e. The normalized spacial score (nSPS) is 11.0. The molecule has 0 unspecified atom stereocenters. The summed E-state index contributed by atoms with van der Waals surface area (Å²) in [7, 11) is 1.49. The number of phenols is 1. The third kappa shape index (κ3) is 3.74. The molecule has 0 fully saturated rings. The molecule has 2 aromatic rings. The zero-order valence-electron chi connectivity index (χ0n) is 11.7.